The number of alkyl halides is 1. The third kappa shape index (κ3) is 4.44. The molecule has 1 unspecified atom stereocenters. The first-order valence-electron chi connectivity index (χ1n) is 5.93. The summed E-state index contributed by atoms with van der Waals surface area (Å²) in [5, 5.41) is 0. The number of aromatic nitrogens is 1. The van der Waals surface area contributed by atoms with Crippen molar-refractivity contribution in [1.82, 2.24) is 4.98 Å². The van der Waals surface area contributed by atoms with Crippen molar-refractivity contribution in [2.75, 3.05) is 6.61 Å². The van der Waals surface area contributed by atoms with Crippen molar-refractivity contribution < 1.29 is 9.15 Å². The van der Waals surface area contributed by atoms with Gasteiger partial charge in [-0.15, -0.1) is 11.6 Å². The smallest absolute Gasteiger partial charge is 0.393 e. The lowest BCUT2D eigenvalue weighted by molar-refractivity contribution is 0.179. The normalized spacial score (nSPS) is 12.7. The van der Waals surface area contributed by atoms with Gasteiger partial charge in [-0.25, -0.2) is 0 Å². The Bertz CT molecular complexity index is 288. The minimum Gasteiger partial charge on any atom is -0.450 e. The van der Waals surface area contributed by atoms with E-state index in [9.17, 15) is 0 Å². The van der Waals surface area contributed by atoms with E-state index >= 15 is 0 Å². The number of ether oxygens (including phenoxy) is 1. The maximum atomic E-state index is 5.62. The molecular weight excluding hydrogens is 226 g/mol. The fourth-order valence-corrected chi connectivity index (χ4v) is 1.63. The first-order valence-corrected chi connectivity index (χ1v) is 6.46. The summed E-state index contributed by atoms with van der Waals surface area (Å²) < 4.78 is 10.6. The summed E-state index contributed by atoms with van der Waals surface area (Å²) >= 11 is 5.62. The summed E-state index contributed by atoms with van der Waals surface area (Å²) in [6, 6.07) is 0. The van der Waals surface area contributed by atoms with E-state index in [0.29, 0.717) is 24.5 Å². The van der Waals surface area contributed by atoms with Crippen LogP contribution in [0.5, 0.6) is 6.08 Å². The van der Waals surface area contributed by atoms with Gasteiger partial charge in [0.15, 0.2) is 0 Å². The zero-order chi connectivity index (χ0) is 11.8. The van der Waals surface area contributed by atoms with Crippen LogP contribution in [0.15, 0.2) is 10.7 Å². The summed E-state index contributed by atoms with van der Waals surface area (Å²) in [6.45, 7) is 5.07. The van der Waals surface area contributed by atoms with Gasteiger partial charge in [0.25, 0.3) is 0 Å². The van der Waals surface area contributed by atoms with E-state index < -0.39 is 0 Å². The quantitative estimate of drug-likeness (QED) is 0.649. The number of halogens is 1. The van der Waals surface area contributed by atoms with Crippen LogP contribution in [0.3, 0.4) is 0 Å². The molecule has 3 nitrogen and oxygen atoms in total. The van der Waals surface area contributed by atoms with Crippen LogP contribution in [0, 0.1) is 5.92 Å². The second-order valence-electron chi connectivity index (χ2n) is 3.97. The van der Waals surface area contributed by atoms with Gasteiger partial charge in [0.05, 0.1) is 18.2 Å². The van der Waals surface area contributed by atoms with Crippen LogP contribution in [0.25, 0.3) is 0 Å². The van der Waals surface area contributed by atoms with Gasteiger partial charge in [0, 0.05) is 0 Å². The van der Waals surface area contributed by atoms with E-state index in [1.165, 1.54) is 25.5 Å². The molecule has 92 valence electrons. The molecule has 4 heteroatoms. The third-order valence-corrected chi connectivity index (χ3v) is 2.93. The largest absolute Gasteiger partial charge is 0.450 e. The van der Waals surface area contributed by atoms with Crippen molar-refractivity contribution in [3.63, 3.8) is 0 Å². The lowest BCUT2D eigenvalue weighted by atomic mass is 10.0. The lowest BCUT2D eigenvalue weighted by Gasteiger charge is -2.13. The molecule has 0 saturated carbocycles. The van der Waals surface area contributed by atoms with Gasteiger partial charge in [0.1, 0.15) is 6.26 Å². The predicted molar refractivity (Wildman–Crippen MR) is 64.9 cm³/mol. The molecule has 16 heavy (non-hydrogen) atoms. The van der Waals surface area contributed by atoms with Crippen molar-refractivity contribution >= 4 is 11.6 Å². The van der Waals surface area contributed by atoms with E-state index in [0.717, 1.165) is 12.1 Å². The average molecular weight is 246 g/mol. The molecule has 1 rings (SSSR count). The third-order valence-electron chi connectivity index (χ3n) is 2.65. The number of hydrogen-bond donors (Lipinski definition) is 0. The van der Waals surface area contributed by atoms with Crippen LogP contribution < -0.4 is 4.74 Å². The molecule has 0 N–H and O–H groups in total. The van der Waals surface area contributed by atoms with Crippen molar-refractivity contribution in [3.8, 4) is 6.08 Å². The molecule has 0 saturated heterocycles. The van der Waals surface area contributed by atoms with Crippen LogP contribution in [-0.2, 0) is 5.88 Å². The predicted octanol–water partition coefficient (Wildman–Crippen LogP) is 4.01. The zero-order valence-corrected chi connectivity index (χ0v) is 10.8. The van der Waals surface area contributed by atoms with E-state index in [4.69, 9.17) is 20.8 Å². The molecule has 0 aliphatic heterocycles. The molecular formula is C12H20ClNO2. The lowest BCUT2D eigenvalue weighted by Crippen LogP contribution is -2.11. The van der Waals surface area contributed by atoms with Crippen LogP contribution in [-0.4, -0.2) is 11.6 Å². The highest BCUT2D eigenvalue weighted by molar-refractivity contribution is 6.16. The van der Waals surface area contributed by atoms with Crippen LogP contribution in [0.2, 0.25) is 0 Å². The molecule has 0 amide bonds. The molecule has 0 aliphatic rings. The average Bonchev–Trinajstić information content (AvgIpc) is 2.77. The Labute approximate surface area is 102 Å². The monoisotopic (exact) mass is 245 g/mol. The Kier molecular flexibility index (Phi) is 6.31. The van der Waals surface area contributed by atoms with Gasteiger partial charge in [-0.05, 0) is 12.3 Å². The number of rotatable bonds is 8. The maximum Gasteiger partial charge on any atom is 0.393 e. The molecule has 0 spiro atoms. The van der Waals surface area contributed by atoms with Crippen molar-refractivity contribution in [2.24, 2.45) is 5.92 Å². The fourth-order valence-electron chi connectivity index (χ4n) is 1.50. The van der Waals surface area contributed by atoms with E-state index in [-0.39, 0.29) is 0 Å². The molecule has 1 aromatic rings. The number of hydrogen-bond acceptors (Lipinski definition) is 3. The topological polar surface area (TPSA) is 35.3 Å². The van der Waals surface area contributed by atoms with Gasteiger partial charge in [-0.2, -0.15) is 4.98 Å². The summed E-state index contributed by atoms with van der Waals surface area (Å²) in [7, 11) is 0. The molecule has 0 bridgehead atoms. The summed E-state index contributed by atoms with van der Waals surface area (Å²) in [5.41, 5.74) is 0.721. The van der Waals surface area contributed by atoms with Gasteiger partial charge in [0.2, 0.25) is 0 Å². The van der Waals surface area contributed by atoms with Crippen LogP contribution in [0.1, 0.15) is 45.2 Å². The highest BCUT2D eigenvalue weighted by Crippen LogP contribution is 2.16. The molecule has 0 aliphatic carbocycles. The molecule has 0 aromatic carbocycles. The minimum absolute atomic E-state index is 0.339. The maximum absolute atomic E-state index is 5.62. The van der Waals surface area contributed by atoms with Gasteiger partial charge < -0.3 is 9.15 Å². The summed E-state index contributed by atoms with van der Waals surface area (Å²) in [6.07, 6.45) is 6.69. The molecule has 0 fully saturated rings. The molecule has 1 aromatic heterocycles. The highest BCUT2D eigenvalue weighted by Gasteiger charge is 2.09. The van der Waals surface area contributed by atoms with E-state index in [1.807, 2.05) is 0 Å². The zero-order valence-electron chi connectivity index (χ0n) is 10.0. The highest BCUT2D eigenvalue weighted by atomic mass is 35.5. The molecule has 1 heterocycles. The first kappa shape index (κ1) is 13.4. The van der Waals surface area contributed by atoms with Gasteiger partial charge in [-0.1, -0.05) is 33.1 Å². The van der Waals surface area contributed by atoms with Crippen molar-refractivity contribution in [3.05, 3.63) is 12.0 Å². The van der Waals surface area contributed by atoms with Crippen molar-refractivity contribution in [2.45, 2.75) is 45.4 Å². The Morgan fingerprint density at radius 2 is 2.31 bits per heavy atom. The number of unbranched alkanes of at least 4 members (excludes halogenated alkanes) is 1. The van der Waals surface area contributed by atoms with E-state index in [1.54, 1.807) is 0 Å². The first-order chi connectivity index (χ1) is 7.80. The Balaban J connectivity index is 2.31. The molecule has 0 radical (unpaired) electrons. The van der Waals surface area contributed by atoms with Gasteiger partial charge >= 0.3 is 6.08 Å². The van der Waals surface area contributed by atoms with E-state index in [2.05, 4.69) is 18.8 Å². The van der Waals surface area contributed by atoms with Gasteiger partial charge in [-0.3, -0.25) is 0 Å². The fraction of sp³-hybridized carbons (Fsp3) is 0.750. The molecule has 1 atom stereocenters. The standard InChI is InChI=1S/C12H20ClNO2/c1-3-5-6-10(4-2)8-15-12-14-11(7-13)9-16-12/h9-10H,3-8H2,1-2H3. The number of nitrogens with zero attached hydrogens (tertiary/aromatic N) is 1. The van der Waals surface area contributed by atoms with Crippen molar-refractivity contribution in [1.29, 1.82) is 0 Å². The Morgan fingerprint density at radius 1 is 1.50 bits per heavy atom. The second-order valence-corrected chi connectivity index (χ2v) is 4.23. The van der Waals surface area contributed by atoms with Crippen LogP contribution in [0.4, 0.5) is 0 Å². The number of oxazole rings is 1. The minimum atomic E-state index is 0.339. The van der Waals surface area contributed by atoms with Crippen LogP contribution >= 0.6 is 11.6 Å². The summed E-state index contributed by atoms with van der Waals surface area (Å²) in [4.78, 5) is 4.09. The second kappa shape index (κ2) is 7.55. The summed E-state index contributed by atoms with van der Waals surface area (Å²) in [5.74, 6) is 0.950. The Morgan fingerprint density at radius 3 is 2.88 bits per heavy atom. The SMILES string of the molecule is CCCCC(CC)COc1nc(CCl)co1. The Hall–Kier alpha value is -0.700.